The number of carbonyl (C=O) groups is 1. The second-order valence-electron chi connectivity index (χ2n) is 5.31. The van der Waals surface area contributed by atoms with Crippen LogP contribution in [-0.4, -0.2) is 16.5 Å². The lowest BCUT2D eigenvalue weighted by Crippen LogP contribution is -2.21. The number of rotatable bonds is 3. The molecule has 126 valence electrons. The summed E-state index contributed by atoms with van der Waals surface area (Å²) in [4.78, 5) is 23.2. The highest BCUT2D eigenvalue weighted by Crippen LogP contribution is 2.29. The van der Waals surface area contributed by atoms with Crippen molar-refractivity contribution in [1.29, 1.82) is 0 Å². The Kier molecular flexibility index (Phi) is 4.69. The molecule has 1 aliphatic rings. The molecule has 0 bridgehead atoms. The van der Waals surface area contributed by atoms with Crippen molar-refractivity contribution >= 4 is 56.6 Å². The standard InChI is InChI=1S/C17H11BrClN3O3/c1-10-14(7-11-5-6-15(18)16(8-11)22(24)25)17(23)21(20-10)13-4-2-3-12(19)9-13/h2-9H,1H3/b14-7-. The minimum Gasteiger partial charge on any atom is -0.267 e. The Morgan fingerprint density at radius 3 is 2.72 bits per heavy atom. The molecule has 0 unspecified atom stereocenters. The topological polar surface area (TPSA) is 75.8 Å². The number of anilines is 1. The van der Waals surface area contributed by atoms with Crippen LogP contribution < -0.4 is 5.01 Å². The van der Waals surface area contributed by atoms with E-state index < -0.39 is 4.92 Å². The van der Waals surface area contributed by atoms with Gasteiger partial charge in [0.25, 0.3) is 11.6 Å². The number of hydrogen-bond acceptors (Lipinski definition) is 4. The first-order valence-electron chi connectivity index (χ1n) is 7.18. The van der Waals surface area contributed by atoms with Gasteiger partial charge in [-0.05, 0) is 58.8 Å². The van der Waals surface area contributed by atoms with E-state index in [9.17, 15) is 14.9 Å². The third-order valence-electron chi connectivity index (χ3n) is 3.59. The van der Waals surface area contributed by atoms with Crippen LogP contribution in [0.1, 0.15) is 12.5 Å². The van der Waals surface area contributed by atoms with E-state index in [-0.39, 0.29) is 11.6 Å². The Morgan fingerprint density at radius 1 is 1.28 bits per heavy atom. The van der Waals surface area contributed by atoms with E-state index in [1.165, 1.54) is 11.1 Å². The van der Waals surface area contributed by atoms with Gasteiger partial charge in [0.15, 0.2) is 0 Å². The minimum atomic E-state index is -0.484. The van der Waals surface area contributed by atoms with E-state index in [2.05, 4.69) is 21.0 Å². The molecule has 6 nitrogen and oxygen atoms in total. The van der Waals surface area contributed by atoms with Gasteiger partial charge in [0.05, 0.1) is 26.4 Å². The van der Waals surface area contributed by atoms with Gasteiger partial charge in [-0.3, -0.25) is 14.9 Å². The summed E-state index contributed by atoms with van der Waals surface area (Å²) in [5.41, 5.74) is 1.93. The molecular weight excluding hydrogens is 410 g/mol. The highest BCUT2D eigenvalue weighted by Gasteiger charge is 2.29. The summed E-state index contributed by atoms with van der Waals surface area (Å²) in [6.45, 7) is 1.71. The van der Waals surface area contributed by atoms with Crippen LogP contribution in [-0.2, 0) is 4.79 Å². The van der Waals surface area contributed by atoms with Crippen molar-refractivity contribution in [1.82, 2.24) is 0 Å². The molecule has 1 amide bonds. The van der Waals surface area contributed by atoms with Gasteiger partial charge in [-0.2, -0.15) is 10.1 Å². The summed E-state index contributed by atoms with van der Waals surface area (Å²) in [6.07, 6.45) is 1.59. The van der Waals surface area contributed by atoms with E-state index in [0.717, 1.165) is 0 Å². The number of nitro benzene ring substituents is 1. The number of carbonyl (C=O) groups excluding carboxylic acids is 1. The van der Waals surface area contributed by atoms with Crippen molar-refractivity contribution in [2.45, 2.75) is 6.92 Å². The van der Waals surface area contributed by atoms with Gasteiger partial charge in [0, 0.05) is 11.1 Å². The normalized spacial score (nSPS) is 15.6. The van der Waals surface area contributed by atoms with Gasteiger partial charge < -0.3 is 0 Å². The van der Waals surface area contributed by atoms with Gasteiger partial charge in [-0.15, -0.1) is 0 Å². The Bertz CT molecular complexity index is 956. The molecular formula is C17H11BrClN3O3. The van der Waals surface area contributed by atoms with Gasteiger partial charge >= 0.3 is 0 Å². The maximum absolute atomic E-state index is 12.7. The summed E-state index contributed by atoms with van der Waals surface area (Å²) in [6, 6.07) is 11.5. The van der Waals surface area contributed by atoms with Crippen LogP contribution >= 0.6 is 27.5 Å². The van der Waals surface area contributed by atoms with Crippen LogP contribution in [0.5, 0.6) is 0 Å². The molecule has 3 rings (SSSR count). The summed E-state index contributed by atoms with van der Waals surface area (Å²) >= 11 is 9.11. The molecule has 0 saturated heterocycles. The molecule has 25 heavy (non-hydrogen) atoms. The van der Waals surface area contributed by atoms with Crippen molar-refractivity contribution < 1.29 is 9.72 Å². The highest BCUT2D eigenvalue weighted by atomic mass is 79.9. The fraction of sp³-hybridized carbons (Fsp3) is 0.0588. The van der Waals surface area contributed by atoms with Crippen LogP contribution in [0, 0.1) is 10.1 Å². The van der Waals surface area contributed by atoms with Gasteiger partial charge in [0.1, 0.15) is 0 Å². The molecule has 0 fully saturated rings. The second kappa shape index (κ2) is 6.78. The molecule has 8 heteroatoms. The smallest absolute Gasteiger partial charge is 0.267 e. The average molecular weight is 421 g/mol. The summed E-state index contributed by atoms with van der Waals surface area (Å²) in [5.74, 6) is -0.315. The first-order valence-corrected chi connectivity index (χ1v) is 8.35. The van der Waals surface area contributed by atoms with Crippen molar-refractivity contribution in [3.05, 3.63) is 73.2 Å². The first kappa shape index (κ1) is 17.3. The van der Waals surface area contributed by atoms with Crippen LogP contribution in [0.25, 0.3) is 6.08 Å². The van der Waals surface area contributed by atoms with Gasteiger partial charge in [-0.25, -0.2) is 0 Å². The molecule has 0 saturated carbocycles. The van der Waals surface area contributed by atoms with Gasteiger partial charge in [0.2, 0.25) is 0 Å². The van der Waals surface area contributed by atoms with Crippen LogP contribution in [0.4, 0.5) is 11.4 Å². The first-order chi connectivity index (χ1) is 11.9. The fourth-order valence-corrected chi connectivity index (χ4v) is 2.97. The third kappa shape index (κ3) is 3.47. The average Bonchev–Trinajstić information content (AvgIpc) is 2.84. The lowest BCUT2D eigenvalue weighted by Gasteiger charge is -2.11. The molecule has 0 spiro atoms. The van der Waals surface area contributed by atoms with E-state index >= 15 is 0 Å². The zero-order valence-corrected chi connectivity index (χ0v) is 15.3. The summed E-state index contributed by atoms with van der Waals surface area (Å²) in [7, 11) is 0. The lowest BCUT2D eigenvalue weighted by molar-refractivity contribution is -0.385. The molecule has 2 aromatic rings. The molecule has 2 aromatic carbocycles. The molecule has 0 radical (unpaired) electrons. The van der Waals surface area contributed by atoms with Crippen molar-refractivity contribution in [3.63, 3.8) is 0 Å². The van der Waals surface area contributed by atoms with E-state index in [1.807, 2.05) is 0 Å². The predicted molar refractivity (Wildman–Crippen MR) is 101 cm³/mol. The quantitative estimate of drug-likeness (QED) is 0.406. The second-order valence-corrected chi connectivity index (χ2v) is 6.60. The van der Waals surface area contributed by atoms with Crippen molar-refractivity contribution in [2.75, 3.05) is 5.01 Å². The fourth-order valence-electron chi connectivity index (χ4n) is 2.39. The Labute approximate surface area is 156 Å². The van der Waals surface area contributed by atoms with Crippen LogP contribution in [0.15, 0.2) is 57.6 Å². The maximum Gasteiger partial charge on any atom is 0.284 e. The molecule has 1 heterocycles. The van der Waals surface area contributed by atoms with Gasteiger partial charge in [-0.1, -0.05) is 23.7 Å². The predicted octanol–water partition coefficient (Wildman–Crippen LogP) is 4.82. The number of nitro groups is 1. The maximum atomic E-state index is 12.7. The number of halogens is 2. The Morgan fingerprint density at radius 2 is 2.04 bits per heavy atom. The zero-order valence-electron chi connectivity index (χ0n) is 12.9. The minimum absolute atomic E-state index is 0.0684. The third-order valence-corrected chi connectivity index (χ3v) is 4.50. The number of hydrogen-bond donors (Lipinski definition) is 0. The lowest BCUT2D eigenvalue weighted by atomic mass is 10.1. The molecule has 1 aliphatic heterocycles. The van der Waals surface area contributed by atoms with E-state index in [0.29, 0.717) is 32.0 Å². The number of amides is 1. The van der Waals surface area contributed by atoms with Crippen molar-refractivity contribution in [2.24, 2.45) is 5.10 Å². The summed E-state index contributed by atoms with van der Waals surface area (Å²) in [5, 5.41) is 17.1. The van der Waals surface area contributed by atoms with E-state index in [4.69, 9.17) is 11.6 Å². The molecule has 0 aromatic heterocycles. The Balaban J connectivity index is 1.98. The van der Waals surface area contributed by atoms with Crippen LogP contribution in [0.3, 0.4) is 0 Å². The monoisotopic (exact) mass is 419 g/mol. The number of benzene rings is 2. The van der Waals surface area contributed by atoms with Crippen molar-refractivity contribution in [3.8, 4) is 0 Å². The Hall–Kier alpha value is -2.51. The SMILES string of the molecule is CC1=NN(c2cccc(Cl)c2)C(=O)/C1=C\c1ccc(Br)c([N+](=O)[O-])c1. The largest absolute Gasteiger partial charge is 0.284 e. The molecule has 0 N–H and O–H groups in total. The molecule has 0 atom stereocenters. The van der Waals surface area contributed by atoms with E-state index in [1.54, 1.807) is 49.4 Å². The summed E-state index contributed by atoms with van der Waals surface area (Å²) < 4.78 is 0.378. The zero-order chi connectivity index (χ0) is 18.1. The number of nitrogens with zero attached hydrogens (tertiary/aromatic N) is 3. The molecule has 0 aliphatic carbocycles. The number of hydrazone groups is 1. The highest BCUT2D eigenvalue weighted by molar-refractivity contribution is 9.10. The van der Waals surface area contributed by atoms with Crippen LogP contribution in [0.2, 0.25) is 5.02 Å².